The molecule has 14 heavy (non-hydrogen) atoms. The van der Waals surface area contributed by atoms with Crippen LogP contribution in [0.5, 0.6) is 0 Å². The van der Waals surface area contributed by atoms with Crippen LogP contribution < -0.4 is 5.32 Å². The van der Waals surface area contributed by atoms with E-state index in [-0.39, 0.29) is 12.5 Å². The highest BCUT2D eigenvalue weighted by Gasteiger charge is 2.24. The second-order valence-corrected chi connectivity index (χ2v) is 3.10. The first-order valence-electron chi connectivity index (χ1n) is 4.41. The molecule has 1 rings (SSSR count). The van der Waals surface area contributed by atoms with Gasteiger partial charge in [0.25, 0.3) is 0 Å². The Kier molecular flexibility index (Phi) is 3.84. The van der Waals surface area contributed by atoms with Gasteiger partial charge in [-0.15, -0.1) is 0 Å². The number of amides is 1. The fourth-order valence-electron chi connectivity index (χ4n) is 1.18. The van der Waals surface area contributed by atoms with Gasteiger partial charge in [-0.3, -0.25) is 4.79 Å². The molecule has 0 aromatic heterocycles. The van der Waals surface area contributed by atoms with Crippen LogP contribution >= 0.6 is 0 Å². The van der Waals surface area contributed by atoms with Gasteiger partial charge in [-0.1, -0.05) is 0 Å². The average molecular weight is 203 g/mol. The van der Waals surface area contributed by atoms with E-state index < -0.39 is 18.2 Å². The largest absolute Gasteiger partial charge is 0.479 e. The van der Waals surface area contributed by atoms with Gasteiger partial charge in [0.1, 0.15) is 6.10 Å². The predicted molar refractivity (Wildman–Crippen MR) is 45.6 cm³/mol. The molecular weight excluding hydrogens is 190 g/mol. The summed E-state index contributed by atoms with van der Waals surface area (Å²) < 4.78 is 5.07. The smallest absolute Gasteiger partial charge is 0.334 e. The van der Waals surface area contributed by atoms with Gasteiger partial charge in [0.15, 0.2) is 6.10 Å². The molecule has 2 atom stereocenters. The fraction of sp³-hybridized carbons (Fsp3) is 0.750. The number of ether oxygens (including phenoxy) is 1. The van der Waals surface area contributed by atoms with Crippen molar-refractivity contribution in [2.24, 2.45) is 0 Å². The SMILES string of the molecule is O=C(O)C(O)CNC(=O)[C@@H]1CCCO1. The number of aliphatic carboxylic acids is 1. The third-order valence-electron chi connectivity index (χ3n) is 1.98. The summed E-state index contributed by atoms with van der Waals surface area (Å²) in [6, 6.07) is 0. The van der Waals surface area contributed by atoms with Gasteiger partial charge in [-0.2, -0.15) is 0 Å². The third kappa shape index (κ3) is 2.97. The summed E-state index contributed by atoms with van der Waals surface area (Å²) in [7, 11) is 0. The maximum Gasteiger partial charge on any atom is 0.334 e. The molecule has 6 heteroatoms. The summed E-state index contributed by atoms with van der Waals surface area (Å²) in [6.45, 7) is 0.271. The van der Waals surface area contributed by atoms with E-state index >= 15 is 0 Å². The average Bonchev–Trinajstić information content (AvgIpc) is 2.66. The Morgan fingerprint density at radius 2 is 2.29 bits per heavy atom. The van der Waals surface area contributed by atoms with Gasteiger partial charge >= 0.3 is 5.97 Å². The number of carbonyl (C=O) groups excluding carboxylic acids is 1. The van der Waals surface area contributed by atoms with Gasteiger partial charge in [-0.25, -0.2) is 4.79 Å². The van der Waals surface area contributed by atoms with Crippen molar-refractivity contribution in [3.63, 3.8) is 0 Å². The molecule has 1 aliphatic rings. The lowest BCUT2D eigenvalue weighted by Gasteiger charge is -2.11. The maximum atomic E-state index is 11.2. The van der Waals surface area contributed by atoms with Gasteiger partial charge in [0.05, 0.1) is 6.54 Å². The lowest BCUT2D eigenvalue weighted by atomic mass is 10.2. The molecule has 0 aromatic rings. The molecule has 1 amide bonds. The lowest BCUT2D eigenvalue weighted by Crippen LogP contribution is -2.41. The molecule has 1 fully saturated rings. The molecule has 0 radical (unpaired) electrons. The Morgan fingerprint density at radius 3 is 2.79 bits per heavy atom. The molecule has 80 valence electrons. The Balaban J connectivity index is 2.23. The molecule has 1 saturated heterocycles. The minimum Gasteiger partial charge on any atom is -0.479 e. The number of hydrogen-bond donors (Lipinski definition) is 3. The standard InChI is InChI=1S/C8H13NO5/c10-5(8(12)13)4-9-7(11)6-2-1-3-14-6/h5-6,10H,1-4H2,(H,9,11)(H,12,13)/t5?,6-/m0/s1. The number of hydrogen-bond acceptors (Lipinski definition) is 4. The van der Waals surface area contributed by atoms with Gasteiger partial charge in [-0.05, 0) is 12.8 Å². The van der Waals surface area contributed by atoms with Crippen LogP contribution in [0.15, 0.2) is 0 Å². The van der Waals surface area contributed by atoms with Crippen LogP contribution in [0.2, 0.25) is 0 Å². The van der Waals surface area contributed by atoms with Crippen molar-refractivity contribution in [1.29, 1.82) is 0 Å². The van der Waals surface area contributed by atoms with Gasteiger partial charge < -0.3 is 20.3 Å². The topological polar surface area (TPSA) is 95.9 Å². The van der Waals surface area contributed by atoms with E-state index in [1.54, 1.807) is 0 Å². The van der Waals surface area contributed by atoms with Crippen molar-refractivity contribution < 1.29 is 24.5 Å². The van der Waals surface area contributed by atoms with Crippen LogP contribution in [0.1, 0.15) is 12.8 Å². The summed E-state index contributed by atoms with van der Waals surface area (Å²) in [5.41, 5.74) is 0. The first-order chi connectivity index (χ1) is 6.61. The number of carbonyl (C=O) groups is 2. The van der Waals surface area contributed by atoms with Crippen molar-refractivity contribution in [1.82, 2.24) is 5.32 Å². The molecule has 0 bridgehead atoms. The van der Waals surface area contributed by atoms with Crippen LogP contribution in [0.4, 0.5) is 0 Å². The zero-order valence-corrected chi connectivity index (χ0v) is 7.60. The molecule has 1 unspecified atom stereocenters. The number of carboxylic acid groups (broad SMARTS) is 1. The zero-order chi connectivity index (χ0) is 10.6. The predicted octanol–water partition coefficient (Wildman–Crippen LogP) is -1.27. The van der Waals surface area contributed by atoms with Crippen molar-refractivity contribution in [3.8, 4) is 0 Å². The summed E-state index contributed by atoms with van der Waals surface area (Å²) in [6.07, 6.45) is -0.564. The summed E-state index contributed by atoms with van der Waals surface area (Å²) >= 11 is 0. The van der Waals surface area contributed by atoms with E-state index in [2.05, 4.69) is 5.32 Å². The molecule has 3 N–H and O–H groups in total. The lowest BCUT2D eigenvalue weighted by molar-refractivity contribution is -0.146. The van der Waals surface area contributed by atoms with E-state index in [9.17, 15) is 9.59 Å². The van der Waals surface area contributed by atoms with E-state index in [0.717, 1.165) is 6.42 Å². The van der Waals surface area contributed by atoms with E-state index in [0.29, 0.717) is 13.0 Å². The van der Waals surface area contributed by atoms with Crippen LogP contribution in [0.25, 0.3) is 0 Å². The summed E-state index contributed by atoms with van der Waals surface area (Å²) in [5, 5.41) is 19.5. The zero-order valence-electron chi connectivity index (χ0n) is 7.60. The minimum atomic E-state index is -1.56. The fourth-order valence-corrected chi connectivity index (χ4v) is 1.18. The number of rotatable bonds is 4. The highest BCUT2D eigenvalue weighted by atomic mass is 16.5. The van der Waals surface area contributed by atoms with Crippen molar-refractivity contribution >= 4 is 11.9 Å². The Labute approximate surface area is 80.9 Å². The number of carboxylic acids is 1. The molecule has 6 nitrogen and oxygen atoms in total. The molecule has 1 heterocycles. The van der Waals surface area contributed by atoms with Crippen LogP contribution in [0.3, 0.4) is 0 Å². The van der Waals surface area contributed by atoms with Gasteiger partial charge in [0, 0.05) is 6.61 Å². The molecule has 1 aliphatic heterocycles. The Morgan fingerprint density at radius 1 is 1.57 bits per heavy atom. The Hall–Kier alpha value is -1.14. The number of aliphatic hydroxyl groups is 1. The molecule has 0 spiro atoms. The second kappa shape index (κ2) is 4.92. The normalized spacial score (nSPS) is 23.1. The van der Waals surface area contributed by atoms with Crippen LogP contribution in [-0.4, -0.2) is 47.4 Å². The van der Waals surface area contributed by atoms with Crippen molar-refractivity contribution in [3.05, 3.63) is 0 Å². The van der Waals surface area contributed by atoms with Crippen LogP contribution in [-0.2, 0) is 14.3 Å². The van der Waals surface area contributed by atoms with Gasteiger partial charge in [0.2, 0.25) is 5.91 Å². The quantitative estimate of drug-likeness (QED) is 0.529. The first-order valence-corrected chi connectivity index (χ1v) is 4.41. The van der Waals surface area contributed by atoms with Crippen LogP contribution in [0, 0.1) is 0 Å². The minimum absolute atomic E-state index is 0.284. The van der Waals surface area contributed by atoms with Crippen molar-refractivity contribution in [2.75, 3.05) is 13.2 Å². The van der Waals surface area contributed by atoms with E-state index in [1.807, 2.05) is 0 Å². The Bertz CT molecular complexity index is 224. The summed E-state index contributed by atoms with van der Waals surface area (Å²) in [5.74, 6) is -1.71. The third-order valence-corrected chi connectivity index (χ3v) is 1.98. The molecule has 0 aromatic carbocycles. The monoisotopic (exact) mass is 203 g/mol. The maximum absolute atomic E-state index is 11.2. The molecule has 0 aliphatic carbocycles. The summed E-state index contributed by atoms with van der Waals surface area (Å²) in [4.78, 5) is 21.4. The number of nitrogens with one attached hydrogen (secondary N) is 1. The molecular formula is C8H13NO5. The first kappa shape index (κ1) is 10.9. The second-order valence-electron chi connectivity index (χ2n) is 3.10. The highest BCUT2D eigenvalue weighted by Crippen LogP contribution is 2.11. The number of aliphatic hydroxyl groups excluding tert-OH is 1. The highest BCUT2D eigenvalue weighted by molar-refractivity contribution is 5.82. The van der Waals surface area contributed by atoms with E-state index in [1.165, 1.54) is 0 Å². The van der Waals surface area contributed by atoms with Crippen molar-refractivity contribution in [2.45, 2.75) is 25.0 Å². The molecule has 0 saturated carbocycles. The van der Waals surface area contributed by atoms with E-state index in [4.69, 9.17) is 14.9 Å².